The van der Waals surface area contributed by atoms with Gasteiger partial charge in [-0.2, -0.15) is 0 Å². The molecule has 0 aliphatic heterocycles. The van der Waals surface area contributed by atoms with Crippen molar-refractivity contribution < 1.29 is 4.79 Å². The van der Waals surface area contributed by atoms with Gasteiger partial charge >= 0.3 is 0 Å². The summed E-state index contributed by atoms with van der Waals surface area (Å²) < 4.78 is 0. The summed E-state index contributed by atoms with van der Waals surface area (Å²) in [4.78, 5) is 16.9. The van der Waals surface area contributed by atoms with Gasteiger partial charge in [0.2, 0.25) is 5.91 Å². The van der Waals surface area contributed by atoms with Gasteiger partial charge in [0, 0.05) is 16.8 Å². The summed E-state index contributed by atoms with van der Waals surface area (Å²) in [5.74, 6) is -0.0355. The van der Waals surface area contributed by atoms with Gasteiger partial charge in [0.25, 0.3) is 0 Å². The van der Waals surface area contributed by atoms with Gasteiger partial charge in [-0.25, -0.2) is 4.98 Å². The van der Waals surface area contributed by atoms with Crippen LogP contribution in [0, 0.1) is 6.92 Å². The first-order valence-electron chi connectivity index (χ1n) is 5.71. The first kappa shape index (κ1) is 12.6. The Kier molecular flexibility index (Phi) is 4.30. The Balaban J connectivity index is 1.73. The zero-order valence-corrected chi connectivity index (χ0v) is 11.0. The molecule has 0 aliphatic rings. The highest BCUT2D eigenvalue weighted by atomic mass is 32.1. The first-order chi connectivity index (χ1) is 8.74. The molecule has 1 heterocycles. The summed E-state index contributed by atoms with van der Waals surface area (Å²) in [6, 6.07) is 9.65. The Bertz CT molecular complexity index is 510. The number of para-hydroxylation sites is 1. The van der Waals surface area contributed by atoms with Crippen molar-refractivity contribution in [2.75, 3.05) is 11.9 Å². The van der Waals surface area contributed by atoms with Crippen LogP contribution in [0.5, 0.6) is 0 Å². The maximum absolute atomic E-state index is 11.6. The minimum Gasteiger partial charge on any atom is -0.376 e. The molecule has 1 aromatic heterocycles. The summed E-state index contributed by atoms with van der Waals surface area (Å²) in [6.45, 7) is 2.77. The highest BCUT2D eigenvalue weighted by Crippen LogP contribution is 2.10. The largest absolute Gasteiger partial charge is 0.376 e. The lowest BCUT2D eigenvalue weighted by Gasteiger charge is -2.06. The molecule has 94 valence electrons. The molecule has 0 atom stereocenters. The molecule has 1 aromatic carbocycles. The molecule has 0 aliphatic carbocycles. The third-order valence-electron chi connectivity index (χ3n) is 2.33. The molecule has 1 amide bonds. The van der Waals surface area contributed by atoms with Crippen molar-refractivity contribution in [1.82, 2.24) is 10.3 Å². The van der Waals surface area contributed by atoms with Crippen LogP contribution in [0.3, 0.4) is 0 Å². The van der Waals surface area contributed by atoms with E-state index in [1.165, 1.54) is 0 Å². The van der Waals surface area contributed by atoms with Crippen LogP contribution in [0.25, 0.3) is 0 Å². The van der Waals surface area contributed by atoms with Crippen molar-refractivity contribution >= 4 is 22.9 Å². The van der Waals surface area contributed by atoms with E-state index >= 15 is 0 Å². The van der Waals surface area contributed by atoms with Crippen molar-refractivity contribution in [3.63, 3.8) is 0 Å². The summed E-state index contributed by atoms with van der Waals surface area (Å²) in [7, 11) is 0. The Morgan fingerprint density at radius 1 is 1.33 bits per heavy atom. The van der Waals surface area contributed by atoms with Gasteiger partial charge in [0.1, 0.15) is 5.01 Å². The minimum atomic E-state index is -0.0355. The highest BCUT2D eigenvalue weighted by Gasteiger charge is 2.03. The third-order valence-corrected chi connectivity index (χ3v) is 3.25. The fourth-order valence-corrected chi connectivity index (χ4v) is 2.19. The van der Waals surface area contributed by atoms with Crippen molar-refractivity contribution in [3.05, 3.63) is 46.4 Å². The number of carbonyl (C=O) groups excluding carboxylic acids is 1. The maximum Gasteiger partial charge on any atom is 0.239 e. The van der Waals surface area contributed by atoms with Crippen molar-refractivity contribution in [2.24, 2.45) is 0 Å². The quantitative estimate of drug-likeness (QED) is 0.867. The summed E-state index contributed by atoms with van der Waals surface area (Å²) in [6.07, 6.45) is 1.81. The van der Waals surface area contributed by atoms with E-state index in [9.17, 15) is 4.79 Å². The topological polar surface area (TPSA) is 54.0 Å². The van der Waals surface area contributed by atoms with Crippen LogP contribution in [0.2, 0.25) is 0 Å². The van der Waals surface area contributed by atoms with E-state index in [0.717, 1.165) is 15.6 Å². The minimum absolute atomic E-state index is 0.0355. The highest BCUT2D eigenvalue weighted by molar-refractivity contribution is 7.11. The summed E-state index contributed by atoms with van der Waals surface area (Å²) >= 11 is 1.60. The number of carbonyl (C=O) groups is 1. The van der Waals surface area contributed by atoms with E-state index < -0.39 is 0 Å². The molecule has 0 unspecified atom stereocenters. The van der Waals surface area contributed by atoms with E-state index in [4.69, 9.17) is 0 Å². The second-order valence-corrected chi connectivity index (χ2v) is 5.18. The van der Waals surface area contributed by atoms with E-state index in [-0.39, 0.29) is 12.5 Å². The fraction of sp³-hybridized carbons (Fsp3) is 0.231. The van der Waals surface area contributed by atoms with E-state index in [2.05, 4.69) is 15.6 Å². The maximum atomic E-state index is 11.6. The van der Waals surface area contributed by atoms with Crippen LogP contribution in [-0.4, -0.2) is 17.4 Å². The number of aryl methyl sites for hydroxylation is 1. The second-order valence-electron chi connectivity index (χ2n) is 3.86. The number of anilines is 1. The van der Waals surface area contributed by atoms with Gasteiger partial charge in [0.05, 0.1) is 13.1 Å². The second kappa shape index (κ2) is 6.16. The van der Waals surface area contributed by atoms with Crippen LogP contribution in [-0.2, 0) is 11.3 Å². The number of hydrogen-bond acceptors (Lipinski definition) is 4. The molecule has 4 nitrogen and oxygen atoms in total. The van der Waals surface area contributed by atoms with E-state index in [1.807, 2.05) is 43.5 Å². The molecule has 0 bridgehead atoms. The molecule has 2 N–H and O–H groups in total. The van der Waals surface area contributed by atoms with Gasteiger partial charge in [-0.3, -0.25) is 4.79 Å². The standard InChI is InChI=1S/C13H15N3OS/c1-10-7-16-13(18-10)9-15-12(17)8-14-11-5-3-2-4-6-11/h2-7,14H,8-9H2,1H3,(H,15,17). The Labute approximate surface area is 110 Å². The number of benzene rings is 1. The van der Waals surface area contributed by atoms with Gasteiger partial charge in [-0.05, 0) is 19.1 Å². The molecule has 0 fully saturated rings. The van der Waals surface area contributed by atoms with Crippen molar-refractivity contribution in [3.8, 4) is 0 Å². The van der Waals surface area contributed by atoms with Crippen molar-refractivity contribution in [1.29, 1.82) is 0 Å². The monoisotopic (exact) mass is 261 g/mol. The van der Waals surface area contributed by atoms with E-state index in [0.29, 0.717) is 6.54 Å². The molecule has 0 radical (unpaired) electrons. The van der Waals surface area contributed by atoms with Gasteiger partial charge in [-0.1, -0.05) is 18.2 Å². The number of aromatic nitrogens is 1. The molecule has 2 aromatic rings. The molecular weight excluding hydrogens is 246 g/mol. The fourth-order valence-electron chi connectivity index (χ4n) is 1.46. The van der Waals surface area contributed by atoms with Crippen molar-refractivity contribution in [2.45, 2.75) is 13.5 Å². The predicted octanol–water partition coefficient (Wildman–Crippen LogP) is 2.18. The number of hydrogen-bond donors (Lipinski definition) is 2. The smallest absolute Gasteiger partial charge is 0.239 e. The number of nitrogens with zero attached hydrogens (tertiary/aromatic N) is 1. The molecule has 0 saturated carbocycles. The lowest BCUT2D eigenvalue weighted by molar-refractivity contribution is -0.119. The van der Waals surface area contributed by atoms with Crippen LogP contribution in [0.1, 0.15) is 9.88 Å². The average Bonchev–Trinajstić information content (AvgIpc) is 2.81. The lowest BCUT2D eigenvalue weighted by atomic mass is 10.3. The zero-order valence-electron chi connectivity index (χ0n) is 10.1. The molecule has 0 saturated heterocycles. The number of nitrogens with one attached hydrogen (secondary N) is 2. The number of thiazole rings is 1. The normalized spacial score (nSPS) is 10.1. The Hall–Kier alpha value is -1.88. The van der Waals surface area contributed by atoms with E-state index in [1.54, 1.807) is 11.3 Å². The molecular formula is C13H15N3OS. The lowest BCUT2D eigenvalue weighted by Crippen LogP contribution is -2.29. The predicted molar refractivity (Wildman–Crippen MR) is 73.6 cm³/mol. The SMILES string of the molecule is Cc1cnc(CNC(=O)CNc2ccccc2)s1. The first-order valence-corrected chi connectivity index (χ1v) is 6.52. The average molecular weight is 261 g/mol. The summed E-state index contributed by atoms with van der Waals surface area (Å²) in [5, 5.41) is 6.82. The number of amides is 1. The van der Waals surface area contributed by atoms with Crippen LogP contribution in [0.15, 0.2) is 36.5 Å². The van der Waals surface area contributed by atoms with Gasteiger partial charge in [-0.15, -0.1) is 11.3 Å². The molecule has 2 rings (SSSR count). The van der Waals surface area contributed by atoms with Crippen LogP contribution >= 0.6 is 11.3 Å². The molecule has 0 spiro atoms. The Morgan fingerprint density at radius 3 is 2.78 bits per heavy atom. The van der Waals surface area contributed by atoms with Crippen LogP contribution in [0.4, 0.5) is 5.69 Å². The number of rotatable bonds is 5. The Morgan fingerprint density at radius 2 is 2.11 bits per heavy atom. The third kappa shape index (κ3) is 3.85. The van der Waals surface area contributed by atoms with Gasteiger partial charge < -0.3 is 10.6 Å². The van der Waals surface area contributed by atoms with Gasteiger partial charge in [0.15, 0.2) is 0 Å². The molecule has 5 heteroatoms. The summed E-state index contributed by atoms with van der Waals surface area (Å²) in [5.41, 5.74) is 0.942. The molecule has 18 heavy (non-hydrogen) atoms. The zero-order chi connectivity index (χ0) is 12.8. The van der Waals surface area contributed by atoms with Crippen LogP contribution < -0.4 is 10.6 Å².